The fourth-order valence-electron chi connectivity index (χ4n) is 2.54. The lowest BCUT2D eigenvalue weighted by molar-refractivity contribution is 0.412. The molecule has 0 atom stereocenters. The standard InChI is InChI=1S/C18H22BrN5O3S/c1-12(2)24-7-6-15(22-24)9-21-28(25,26)18-5-4-14(19)8-16(18)20-10-17-13(3)11-27-23-17/h4-8,11-12,20-21H,9-10H2,1-3H3. The van der Waals surface area contributed by atoms with E-state index in [-0.39, 0.29) is 17.5 Å². The van der Waals surface area contributed by atoms with Crippen LogP contribution < -0.4 is 10.0 Å². The van der Waals surface area contributed by atoms with Crippen molar-refractivity contribution in [2.45, 2.75) is 44.8 Å². The summed E-state index contributed by atoms with van der Waals surface area (Å²) in [6, 6.07) is 6.98. The topological polar surface area (TPSA) is 102 Å². The predicted octanol–water partition coefficient (Wildman–Crippen LogP) is 3.61. The van der Waals surface area contributed by atoms with E-state index >= 15 is 0 Å². The highest BCUT2D eigenvalue weighted by molar-refractivity contribution is 9.10. The van der Waals surface area contributed by atoms with Crippen molar-refractivity contribution in [3.63, 3.8) is 0 Å². The summed E-state index contributed by atoms with van der Waals surface area (Å²) < 4.78 is 35.8. The van der Waals surface area contributed by atoms with Crippen LogP contribution in [-0.2, 0) is 23.1 Å². The Labute approximate surface area is 172 Å². The Morgan fingerprint density at radius 1 is 1.25 bits per heavy atom. The van der Waals surface area contributed by atoms with Gasteiger partial charge in [0.1, 0.15) is 16.9 Å². The summed E-state index contributed by atoms with van der Waals surface area (Å²) >= 11 is 3.39. The van der Waals surface area contributed by atoms with Crippen LogP contribution in [0.5, 0.6) is 0 Å². The quantitative estimate of drug-likeness (QED) is 0.524. The summed E-state index contributed by atoms with van der Waals surface area (Å²) in [6.07, 6.45) is 3.38. The molecule has 0 amide bonds. The van der Waals surface area contributed by atoms with E-state index < -0.39 is 10.0 Å². The van der Waals surface area contributed by atoms with Crippen molar-refractivity contribution in [1.82, 2.24) is 19.7 Å². The summed E-state index contributed by atoms with van der Waals surface area (Å²) in [5.41, 5.74) is 2.74. The van der Waals surface area contributed by atoms with E-state index in [9.17, 15) is 8.42 Å². The minimum absolute atomic E-state index is 0.111. The van der Waals surface area contributed by atoms with Crippen molar-refractivity contribution >= 4 is 31.6 Å². The van der Waals surface area contributed by atoms with Gasteiger partial charge in [0.25, 0.3) is 0 Å². The maximum Gasteiger partial charge on any atom is 0.242 e. The number of nitrogens with zero attached hydrogens (tertiary/aromatic N) is 3. The number of rotatable bonds is 8. The van der Waals surface area contributed by atoms with Crippen molar-refractivity contribution in [1.29, 1.82) is 0 Å². The lowest BCUT2D eigenvalue weighted by atomic mass is 10.2. The van der Waals surface area contributed by atoms with Gasteiger partial charge in [-0.15, -0.1) is 0 Å². The average Bonchev–Trinajstić information content (AvgIpc) is 3.27. The van der Waals surface area contributed by atoms with Gasteiger partial charge in [-0.05, 0) is 45.0 Å². The minimum atomic E-state index is -3.74. The van der Waals surface area contributed by atoms with E-state index in [1.165, 1.54) is 0 Å². The Bertz CT molecular complexity index is 1060. The molecule has 0 saturated heterocycles. The first kappa shape index (κ1) is 20.6. The number of aromatic nitrogens is 3. The highest BCUT2D eigenvalue weighted by Gasteiger charge is 2.20. The molecule has 10 heteroatoms. The Kier molecular flexibility index (Phi) is 6.21. The largest absolute Gasteiger partial charge is 0.378 e. The first-order valence-corrected chi connectivity index (χ1v) is 11.0. The lowest BCUT2D eigenvalue weighted by Gasteiger charge is -2.13. The van der Waals surface area contributed by atoms with Gasteiger partial charge in [-0.1, -0.05) is 21.1 Å². The molecular formula is C18H22BrN5O3S. The van der Waals surface area contributed by atoms with E-state index in [0.717, 1.165) is 15.7 Å². The van der Waals surface area contributed by atoms with Crippen LogP contribution in [0.1, 0.15) is 36.8 Å². The Balaban J connectivity index is 1.77. The van der Waals surface area contributed by atoms with Crippen molar-refractivity contribution in [2.24, 2.45) is 0 Å². The van der Waals surface area contributed by atoms with Crippen LogP contribution in [-0.4, -0.2) is 23.4 Å². The molecule has 28 heavy (non-hydrogen) atoms. The lowest BCUT2D eigenvalue weighted by Crippen LogP contribution is -2.24. The maximum atomic E-state index is 12.9. The van der Waals surface area contributed by atoms with E-state index in [2.05, 4.69) is 36.2 Å². The molecular weight excluding hydrogens is 446 g/mol. The molecule has 0 radical (unpaired) electrons. The van der Waals surface area contributed by atoms with Crippen molar-refractivity contribution < 1.29 is 12.9 Å². The summed E-state index contributed by atoms with van der Waals surface area (Å²) in [5.74, 6) is 0. The number of sulfonamides is 1. The van der Waals surface area contributed by atoms with Crippen LogP contribution >= 0.6 is 15.9 Å². The Morgan fingerprint density at radius 3 is 2.68 bits per heavy atom. The summed E-state index contributed by atoms with van der Waals surface area (Å²) in [7, 11) is -3.74. The van der Waals surface area contributed by atoms with E-state index in [0.29, 0.717) is 17.9 Å². The van der Waals surface area contributed by atoms with Gasteiger partial charge >= 0.3 is 0 Å². The number of hydrogen-bond acceptors (Lipinski definition) is 6. The van der Waals surface area contributed by atoms with Gasteiger partial charge in [0.2, 0.25) is 10.0 Å². The number of aryl methyl sites for hydroxylation is 1. The van der Waals surface area contributed by atoms with Crippen molar-refractivity contribution in [2.75, 3.05) is 5.32 Å². The van der Waals surface area contributed by atoms with E-state index in [1.54, 1.807) is 35.2 Å². The molecule has 0 aliphatic heterocycles. The van der Waals surface area contributed by atoms with Crippen LogP contribution in [0.15, 0.2) is 50.6 Å². The predicted molar refractivity (Wildman–Crippen MR) is 109 cm³/mol. The molecule has 150 valence electrons. The second-order valence-corrected chi connectivity index (χ2v) is 9.29. The Morgan fingerprint density at radius 2 is 2.04 bits per heavy atom. The summed E-state index contributed by atoms with van der Waals surface area (Å²) in [6.45, 7) is 6.36. The zero-order valence-corrected chi connectivity index (χ0v) is 18.2. The zero-order valence-electron chi connectivity index (χ0n) is 15.8. The normalized spacial score (nSPS) is 11.9. The number of nitrogens with one attached hydrogen (secondary N) is 2. The smallest absolute Gasteiger partial charge is 0.242 e. The highest BCUT2D eigenvalue weighted by Crippen LogP contribution is 2.26. The van der Waals surface area contributed by atoms with Gasteiger partial charge in [0, 0.05) is 22.3 Å². The first-order chi connectivity index (χ1) is 13.3. The third kappa shape index (κ3) is 4.81. The van der Waals surface area contributed by atoms with Crippen LogP contribution in [0.25, 0.3) is 0 Å². The second kappa shape index (κ2) is 8.46. The number of anilines is 1. The molecule has 3 aromatic rings. The fourth-order valence-corrected chi connectivity index (χ4v) is 4.06. The first-order valence-electron chi connectivity index (χ1n) is 8.73. The molecule has 0 bridgehead atoms. The number of hydrogen-bond donors (Lipinski definition) is 2. The third-order valence-electron chi connectivity index (χ3n) is 4.16. The van der Waals surface area contributed by atoms with Gasteiger partial charge in [-0.25, -0.2) is 13.1 Å². The average molecular weight is 468 g/mol. The molecule has 2 N–H and O–H groups in total. The van der Waals surface area contributed by atoms with Crippen LogP contribution in [0.2, 0.25) is 0 Å². The highest BCUT2D eigenvalue weighted by atomic mass is 79.9. The molecule has 8 nitrogen and oxygen atoms in total. The van der Waals surface area contributed by atoms with Gasteiger partial charge in [-0.2, -0.15) is 5.10 Å². The van der Waals surface area contributed by atoms with Gasteiger partial charge < -0.3 is 9.84 Å². The summed E-state index contributed by atoms with van der Waals surface area (Å²) in [5, 5.41) is 11.4. The molecule has 0 fully saturated rings. The molecule has 2 heterocycles. The molecule has 0 aliphatic rings. The maximum absolute atomic E-state index is 12.9. The van der Waals surface area contributed by atoms with Crippen LogP contribution in [0.4, 0.5) is 5.69 Å². The van der Waals surface area contributed by atoms with Crippen molar-refractivity contribution in [3.05, 3.63) is 58.1 Å². The SMILES string of the molecule is Cc1conc1CNc1cc(Br)ccc1S(=O)(=O)NCc1ccn(C(C)C)n1. The van der Waals surface area contributed by atoms with Crippen molar-refractivity contribution in [3.8, 4) is 0 Å². The Hall–Kier alpha value is -2.17. The minimum Gasteiger partial charge on any atom is -0.378 e. The monoisotopic (exact) mass is 467 g/mol. The van der Waals surface area contributed by atoms with Gasteiger partial charge in [0.15, 0.2) is 0 Å². The number of halogens is 1. The van der Waals surface area contributed by atoms with E-state index in [1.807, 2.05) is 27.0 Å². The molecule has 1 aromatic carbocycles. The molecule has 2 aromatic heterocycles. The van der Waals surface area contributed by atoms with Crippen LogP contribution in [0.3, 0.4) is 0 Å². The second-order valence-electron chi connectivity index (χ2n) is 6.64. The molecule has 0 unspecified atom stereocenters. The fraction of sp³-hybridized carbons (Fsp3) is 0.333. The molecule has 0 aliphatic carbocycles. The van der Waals surface area contributed by atoms with Gasteiger partial charge in [0.05, 0.1) is 24.5 Å². The molecule has 3 rings (SSSR count). The van der Waals surface area contributed by atoms with Gasteiger partial charge in [-0.3, -0.25) is 4.68 Å². The summed E-state index contributed by atoms with van der Waals surface area (Å²) in [4.78, 5) is 0.153. The molecule has 0 saturated carbocycles. The number of benzene rings is 1. The molecule has 0 spiro atoms. The van der Waals surface area contributed by atoms with Crippen LogP contribution in [0, 0.1) is 6.92 Å². The third-order valence-corrected chi connectivity index (χ3v) is 6.11. The zero-order chi connectivity index (χ0) is 20.3. The van der Waals surface area contributed by atoms with E-state index in [4.69, 9.17) is 4.52 Å².